The summed E-state index contributed by atoms with van der Waals surface area (Å²) in [5.74, 6) is 0.468. The summed E-state index contributed by atoms with van der Waals surface area (Å²) in [6.45, 7) is 1.57. The van der Waals surface area contributed by atoms with Crippen LogP contribution in [-0.2, 0) is 14.9 Å². The Balaban J connectivity index is 2.60. The zero-order valence-corrected chi connectivity index (χ0v) is 11.3. The zero-order chi connectivity index (χ0) is 12.2. The van der Waals surface area contributed by atoms with Crippen molar-refractivity contribution in [2.75, 3.05) is 39.7 Å². The van der Waals surface area contributed by atoms with Gasteiger partial charge in [-0.25, -0.2) is 0 Å². The molecule has 0 bridgehead atoms. The number of nitrogens with zero attached hydrogens (tertiary/aromatic N) is 2. The molecule has 96 valence electrons. The van der Waals surface area contributed by atoms with Crippen LogP contribution in [-0.4, -0.2) is 62.8 Å². The molecule has 1 aliphatic heterocycles. The van der Waals surface area contributed by atoms with Crippen LogP contribution in [0.25, 0.3) is 0 Å². The quantitative estimate of drug-likeness (QED) is 0.661. The molecular weight excluding hydrogens is 252 g/mol. The first-order valence-corrected chi connectivity index (χ1v) is 7.26. The average molecular weight is 271 g/mol. The summed E-state index contributed by atoms with van der Waals surface area (Å²) in [5.41, 5.74) is 0. The number of hydrogen-bond acceptors (Lipinski definition) is 3. The van der Waals surface area contributed by atoms with Crippen molar-refractivity contribution in [3.8, 4) is 0 Å². The van der Waals surface area contributed by atoms with E-state index in [1.165, 1.54) is 8.61 Å². The van der Waals surface area contributed by atoms with Gasteiger partial charge in [0.05, 0.1) is 12.6 Å². The minimum Gasteiger partial charge on any atom is -0.380 e. The Morgan fingerprint density at radius 1 is 1.44 bits per heavy atom. The third kappa shape index (κ3) is 3.30. The van der Waals surface area contributed by atoms with Gasteiger partial charge in [0.1, 0.15) is 0 Å². The molecule has 5 nitrogen and oxygen atoms in total. The lowest BCUT2D eigenvalue weighted by atomic mass is 10.3. The van der Waals surface area contributed by atoms with Gasteiger partial charge in [0.2, 0.25) is 0 Å². The molecule has 1 rings (SSSR count). The molecule has 1 unspecified atom stereocenters. The van der Waals surface area contributed by atoms with Crippen LogP contribution < -0.4 is 0 Å². The van der Waals surface area contributed by atoms with E-state index in [1.807, 2.05) is 0 Å². The Bertz CT molecular complexity index is 304. The van der Waals surface area contributed by atoms with Crippen LogP contribution in [0.5, 0.6) is 0 Å². The Kier molecular flexibility index (Phi) is 5.46. The lowest BCUT2D eigenvalue weighted by Crippen LogP contribution is -2.45. The third-order valence-corrected chi connectivity index (χ3v) is 5.05. The maximum Gasteiger partial charge on any atom is 0.281 e. The van der Waals surface area contributed by atoms with E-state index in [-0.39, 0.29) is 6.04 Å². The summed E-state index contributed by atoms with van der Waals surface area (Å²) >= 11 is 5.55. The molecule has 0 N–H and O–H groups in total. The maximum atomic E-state index is 12.1. The van der Waals surface area contributed by atoms with Crippen LogP contribution in [0.1, 0.15) is 12.8 Å². The fourth-order valence-electron chi connectivity index (χ4n) is 1.61. The molecule has 0 spiro atoms. The Labute approximate surface area is 102 Å². The van der Waals surface area contributed by atoms with Crippen LogP contribution in [0.15, 0.2) is 0 Å². The number of likely N-dealkylation sites (N-methyl/N-ethyl adjacent to an activating group) is 1. The molecule has 0 amide bonds. The van der Waals surface area contributed by atoms with E-state index in [0.29, 0.717) is 32.1 Å². The lowest BCUT2D eigenvalue weighted by Gasteiger charge is -2.27. The van der Waals surface area contributed by atoms with Crippen molar-refractivity contribution in [3.05, 3.63) is 0 Å². The van der Waals surface area contributed by atoms with Crippen LogP contribution >= 0.6 is 11.6 Å². The second kappa shape index (κ2) is 6.16. The molecule has 0 aromatic rings. The highest BCUT2D eigenvalue weighted by molar-refractivity contribution is 7.86. The molecule has 0 saturated carbocycles. The Morgan fingerprint density at radius 2 is 2.12 bits per heavy atom. The highest BCUT2D eigenvalue weighted by Crippen LogP contribution is 2.16. The summed E-state index contributed by atoms with van der Waals surface area (Å²) in [6, 6.07) is -0.0385. The lowest BCUT2D eigenvalue weighted by molar-refractivity contribution is 0.179. The molecule has 0 aliphatic carbocycles. The normalized spacial score (nSPS) is 22.2. The van der Waals surface area contributed by atoms with Gasteiger partial charge in [-0.2, -0.15) is 17.0 Å². The molecule has 1 heterocycles. The van der Waals surface area contributed by atoms with Gasteiger partial charge in [0, 0.05) is 33.1 Å². The highest BCUT2D eigenvalue weighted by Gasteiger charge is 2.31. The van der Waals surface area contributed by atoms with Gasteiger partial charge in [-0.15, -0.1) is 11.6 Å². The highest BCUT2D eigenvalue weighted by atomic mass is 35.5. The Morgan fingerprint density at radius 3 is 2.62 bits per heavy atom. The van der Waals surface area contributed by atoms with Gasteiger partial charge in [0.15, 0.2) is 0 Å². The number of halogens is 1. The first-order chi connectivity index (χ1) is 7.50. The molecule has 1 aliphatic rings. The molecule has 1 saturated heterocycles. The molecule has 0 aromatic carbocycles. The zero-order valence-electron chi connectivity index (χ0n) is 9.73. The van der Waals surface area contributed by atoms with Gasteiger partial charge >= 0.3 is 0 Å². The minimum atomic E-state index is -3.37. The minimum absolute atomic E-state index is 0.0385. The van der Waals surface area contributed by atoms with Crippen molar-refractivity contribution >= 4 is 21.8 Å². The number of rotatable bonds is 6. The predicted octanol–water partition coefficient (Wildman–Crippen LogP) is 0.513. The summed E-state index contributed by atoms with van der Waals surface area (Å²) in [4.78, 5) is 0. The first kappa shape index (κ1) is 14.2. The van der Waals surface area contributed by atoms with E-state index in [9.17, 15) is 8.42 Å². The largest absolute Gasteiger partial charge is 0.380 e. The van der Waals surface area contributed by atoms with E-state index < -0.39 is 10.2 Å². The Hall–Kier alpha value is 0.120. The smallest absolute Gasteiger partial charge is 0.281 e. The SMILES string of the molecule is CN(CCCCl)S(=O)(=O)N(C)C1CCOC1. The second-order valence-corrected chi connectivity index (χ2v) is 6.38. The van der Waals surface area contributed by atoms with Crippen molar-refractivity contribution in [2.45, 2.75) is 18.9 Å². The van der Waals surface area contributed by atoms with Crippen molar-refractivity contribution in [1.82, 2.24) is 8.61 Å². The van der Waals surface area contributed by atoms with E-state index in [1.54, 1.807) is 14.1 Å². The van der Waals surface area contributed by atoms with E-state index >= 15 is 0 Å². The molecular formula is C9H19ClN2O3S. The van der Waals surface area contributed by atoms with E-state index in [0.717, 1.165) is 6.42 Å². The number of hydrogen-bond donors (Lipinski definition) is 0. The van der Waals surface area contributed by atoms with Gasteiger partial charge in [-0.1, -0.05) is 0 Å². The summed E-state index contributed by atoms with van der Waals surface area (Å²) < 4.78 is 32.1. The fraction of sp³-hybridized carbons (Fsp3) is 1.00. The van der Waals surface area contributed by atoms with E-state index in [4.69, 9.17) is 16.3 Å². The van der Waals surface area contributed by atoms with Crippen LogP contribution in [0.2, 0.25) is 0 Å². The van der Waals surface area contributed by atoms with Gasteiger partial charge in [-0.05, 0) is 12.8 Å². The van der Waals surface area contributed by atoms with Crippen LogP contribution in [0.4, 0.5) is 0 Å². The summed E-state index contributed by atoms with van der Waals surface area (Å²) in [6.07, 6.45) is 1.42. The van der Waals surface area contributed by atoms with Crippen molar-refractivity contribution in [1.29, 1.82) is 0 Å². The predicted molar refractivity (Wildman–Crippen MR) is 63.9 cm³/mol. The first-order valence-electron chi connectivity index (χ1n) is 5.33. The number of alkyl halides is 1. The molecule has 0 radical (unpaired) electrons. The van der Waals surface area contributed by atoms with Crippen molar-refractivity contribution in [2.24, 2.45) is 0 Å². The summed E-state index contributed by atoms with van der Waals surface area (Å²) in [5, 5.41) is 0. The van der Waals surface area contributed by atoms with Crippen molar-refractivity contribution < 1.29 is 13.2 Å². The van der Waals surface area contributed by atoms with Gasteiger partial charge in [0.25, 0.3) is 10.2 Å². The topological polar surface area (TPSA) is 49.9 Å². The van der Waals surface area contributed by atoms with Crippen LogP contribution in [0.3, 0.4) is 0 Å². The average Bonchev–Trinajstić information content (AvgIpc) is 2.77. The molecule has 7 heteroatoms. The molecule has 1 fully saturated rings. The fourth-order valence-corrected chi connectivity index (χ4v) is 3.08. The monoisotopic (exact) mass is 270 g/mol. The van der Waals surface area contributed by atoms with Gasteiger partial charge in [-0.3, -0.25) is 0 Å². The second-order valence-electron chi connectivity index (χ2n) is 3.91. The molecule has 0 aromatic heterocycles. The van der Waals surface area contributed by atoms with Gasteiger partial charge < -0.3 is 4.74 Å². The maximum absolute atomic E-state index is 12.1. The standard InChI is InChI=1S/C9H19ClN2O3S/c1-11(6-3-5-10)16(13,14)12(2)9-4-7-15-8-9/h9H,3-8H2,1-2H3. The number of ether oxygens (including phenoxy) is 1. The molecule has 1 atom stereocenters. The van der Waals surface area contributed by atoms with E-state index in [2.05, 4.69) is 0 Å². The summed E-state index contributed by atoms with van der Waals surface area (Å²) in [7, 11) is -0.186. The molecule has 16 heavy (non-hydrogen) atoms. The van der Waals surface area contributed by atoms with Crippen LogP contribution in [0, 0.1) is 0 Å². The third-order valence-electron chi connectivity index (χ3n) is 2.78. The van der Waals surface area contributed by atoms with Crippen molar-refractivity contribution in [3.63, 3.8) is 0 Å².